The van der Waals surface area contributed by atoms with E-state index in [1.54, 1.807) is 4.57 Å². The number of carbonyl (C=O) groups excluding carboxylic acids is 3. The van der Waals surface area contributed by atoms with Crippen LogP contribution in [0.4, 0.5) is 4.79 Å². The highest BCUT2D eigenvalue weighted by Crippen LogP contribution is 2.32. The zero-order chi connectivity index (χ0) is 18.1. The molecule has 0 radical (unpaired) electrons. The fourth-order valence-electron chi connectivity index (χ4n) is 3.10. The van der Waals surface area contributed by atoms with Crippen LogP contribution in [0.3, 0.4) is 0 Å². The van der Waals surface area contributed by atoms with Gasteiger partial charge in [-0.1, -0.05) is 22.0 Å². The van der Waals surface area contributed by atoms with Crippen LogP contribution < -0.4 is 0 Å². The van der Waals surface area contributed by atoms with Gasteiger partial charge in [0.1, 0.15) is 6.04 Å². The van der Waals surface area contributed by atoms with Gasteiger partial charge in [0.05, 0.1) is 26.3 Å². The van der Waals surface area contributed by atoms with Crippen molar-refractivity contribution in [2.45, 2.75) is 25.4 Å². The second-order valence-corrected chi connectivity index (χ2v) is 6.56. The molecule has 1 aromatic carbocycles. The van der Waals surface area contributed by atoms with E-state index in [2.05, 4.69) is 20.7 Å². The molecule has 0 spiro atoms. The summed E-state index contributed by atoms with van der Waals surface area (Å²) in [5.41, 5.74) is 1.56. The molecule has 132 valence electrons. The lowest BCUT2D eigenvalue weighted by atomic mass is 10.1. The quantitative estimate of drug-likeness (QED) is 0.710. The summed E-state index contributed by atoms with van der Waals surface area (Å²) >= 11 is 3.48. The lowest BCUT2D eigenvalue weighted by molar-refractivity contribution is -0.147. The molecular weight excluding hydrogens is 392 g/mol. The molecule has 1 aromatic heterocycles. The van der Waals surface area contributed by atoms with Gasteiger partial charge in [-0.3, -0.25) is 9.36 Å². The van der Waals surface area contributed by atoms with Crippen LogP contribution in [0.1, 0.15) is 18.5 Å². The van der Waals surface area contributed by atoms with Crippen molar-refractivity contribution >= 4 is 44.8 Å². The molecule has 25 heavy (non-hydrogen) atoms. The van der Waals surface area contributed by atoms with Crippen molar-refractivity contribution in [2.75, 3.05) is 14.2 Å². The van der Waals surface area contributed by atoms with Gasteiger partial charge in [0.2, 0.25) is 0 Å². The van der Waals surface area contributed by atoms with Crippen LogP contribution in [0.5, 0.6) is 0 Å². The highest BCUT2D eigenvalue weighted by atomic mass is 79.9. The molecule has 0 N–H and O–H groups in total. The maximum Gasteiger partial charge on any atom is 0.330 e. The second-order valence-electron chi connectivity index (χ2n) is 5.71. The number of esters is 2. The first-order chi connectivity index (χ1) is 12.0. The van der Waals surface area contributed by atoms with Crippen LogP contribution in [0, 0.1) is 0 Å². The van der Waals surface area contributed by atoms with Crippen molar-refractivity contribution in [3.05, 3.63) is 34.4 Å². The zero-order valence-electron chi connectivity index (χ0n) is 13.8. The number of ether oxygens (including phenoxy) is 2. The van der Waals surface area contributed by atoms with Crippen molar-refractivity contribution in [1.29, 1.82) is 0 Å². The van der Waals surface area contributed by atoms with Gasteiger partial charge in [-0.25, -0.2) is 9.59 Å². The maximum absolute atomic E-state index is 12.9. The fourth-order valence-corrected chi connectivity index (χ4v) is 3.57. The predicted octanol–water partition coefficient (Wildman–Crippen LogP) is 2.68. The topological polar surface area (TPSA) is 77.8 Å². The van der Waals surface area contributed by atoms with Crippen molar-refractivity contribution in [3.8, 4) is 0 Å². The Bertz CT molecular complexity index is 860. The lowest BCUT2D eigenvalue weighted by Crippen LogP contribution is -2.43. The van der Waals surface area contributed by atoms with Gasteiger partial charge in [-0.2, -0.15) is 0 Å². The molecule has 1 aliphatic rings. The van der Waals surface area contributed by atoms with E-state index in [1.807, 2.05) is 24.3 Å². The number of hydrogen-bond donors (Lipinski definition) is 0. The van der Waals surface area contributed by atoms with Crippen LogP contribution >= 0.6 is 15.9 Å². The Balaban J connectivity index is 1.91. The summed E-state index contributed by atoms with van der Waals surface area (Å²) < 4.78 is 11.9. The molecule has 0 bridgehead atoms. The van der Waals surface area contributed by atoms with E-state index in [1.165, 1.54) is 19.1 Å². The summed E-state index contributed by atoms with van der Waals surface area (Å²) in [5.74, 6) is -0.983. The fraction of sp³-hybridized carbons (Fsp3) is 0.353. The first kappa shape index (κ1) is 17.5. The minimum Gasteiger partial charge on any atom is -0.469 e. The number of halogens is 1. The molecule has 1 aliphatic heterocycles. The third kappa shape index (κ3) is 3.02. The van der Waals surface area contributed by atoms with Crippen molar-refractivity contribution in [3.63, 3.8) is 0 Å². The maximum atomic E-state index is 12.9. The third-order valence-electron chi connectivity index (χ3n) is 4.34. The van der Waals surface area contributed by atoms with Gasteiger partial charge < -0.3 is 14.4 Å². The Morgan fingerprint density at radius 1 is 1.28 bits per heavy atom. The summed E-state index contributed by atoms with van der Waals surface area (Å²) in [4.78, 5) is 37.9. The van der Waals surface area contributed by atoms with Gasteiger partial charge in [-0.15, -0.1) is 0 Å². The zero-order valence-corrected chi connectivity index (χ0v) is 15.4. The monoisotopic (exact) mass is 408 g/mol. The van der Waals surface area contributed by atoms with Crippen LogP contribution in [-0.2, 0) is 25.6 Å². The number of methoxy groups -OCH3 is 2. The molecule has 0 saturated carbocycles. The van der Waals surface area contributed by atoms with Gasteiger partial charge in [-0.05, 0) is 24.6 Å². The Hall–Kier alpha value is -2.35. The number of rotatable bonds is 5. The van der Waals surface area contributed by atoms with E-state index in [4.69, 9.17) is 4.74 Å². The van der Waals surface area contributed by atoms with Crippen molar-refractivity contribution < 1.29 is 23.9 Å². The number of carbonyl (C=O) groups is 3. The number of aromatic nitrogens is 1. The van der Waals surface area contributed by atoms with Gasteiger partial charge in [0.15, 0.2) is 0 Å². The summed E-state index contributed by atoms with van der Waals surface area (Å²) in [5, 5.41) is 0.940. The Labute approximate surface area is 152 Å². The smallest absolute Gasteiger partial charge is 0.330 e. The number of fused-ring (bicyclic) bond motifs is 3. The summed E-state index contributed by atoms with van der Waals surface area (Å²) in [6.07, 6.45) is 0.179. The van der Waals surface area contributed by atoms with Crippen LogP contribution in [-0.4, -0.2) is 47.7 Å². The Morgan fingerprint density at radius 2 is 2.04 bits per heavy atom. The number of hydrogen-bond acceptors (Lipinski definition) is 5. The van der Waals surface area contributed by atoms with E-state index in [0.29, 0.717) is 0 Å². The first-order valence-corrected chi connectivity index (χ1v) is 8.51. The standard InChI is InChI=1S/C17H17BrN2O5/c1-24-15(21)7-6-14(16(22)25-2)19-9-10-8-11-12(18)4-3-5-13(11)20(10)17(19)23/h3-5,8,14H,6-7,9H2,1-2H3. The first-order valence-electron chi connectivity index (χ1n) is 7.72. The molecule has 7 nitrogen and oxygen atoms in total. The highest BCUT2D eigenvalue weighted by molar-refractivity contribution is 9.10. The second kappa shape index (κ2) is 6.87. The molecule has 8 heteroatoms. The molecule has 0 aliphatic carbocycles. The number of nitrogens with zero attached hydrogens (tertiary/aromatic N) is 2. The van der Waals surface area contributed by atoms with E-state index >= 15 is 0 Å². The van der Waals surface area contributed by atoms with Crippen LogP contribution in [0.2, 0.25) is 0 Å². The molecular formula is C17H17BrN2O5. The van der Waals surface area contributed by atoms with Gasteiger partial charge in [0, 0.05) is 22.0 Å². The lowest BCUT2D eigenvalue weighted by Gasteiger charge is -2.24. The van der Waals surface area contributed by atoms with E-state index in [-0.39, 0.29) is 25.4 Å². The molecule has 0 fully saturated rings. The summed E-state index contributed by atoms with van der Waals surface area (Å²) in [6, 6.07) is 6.40. The molecule has 2 aromatic rings. The minimum atomic E-state index is -0.835. The average molecular weight is 409 g/mol. The Kier molecular flexibility index (Phi) is 4.80. The summed E-state index contributed by atoms with van der Waals surface area (Å²) in [7, 11) is 2.55. The van der Waals surface area contributed by atoms with E-state index < -0.39 is 18.0 Å². The largest absolute Gasteiger partial charge is 0.469 e. The normalized spacial score (nSPS) is 14.5. The molecule has 1 unspecified atom stereocenters. The van der Waals surface area contributed by atoms with Crippen LogP contribution in [0.15, 0.2) is 28.7 Å². The highest BCUT2D eigenvalue weighted by Gasteiger charge is 2.38. The predicted molar refractivity (Wildman–Crippen MR) is 93.0 cm³/mol. The van der Waals surface area contributed by atoms with Crippen molar-refractivity contribution in [2.24, 2.45) is 0 Å². The van der Waals surface area contributed by atoms with Gasteiger partial charge in [0.25, 0.3) is 0 Å². The molecule has 0 saturated heterocycles. The molecule has 2 heterocycles. The number of benzene rings is 1. The SMILES string of the molecule is COC(=O)CCC(C(=O)OC)N1Cc2cc3c(Br)cccc3n2C1=O. The molecule has 1 atom stereocenters. The van der Waals surface area contributed by atoms with E-state index in [9.17, 15) is 14.4 Å². The average Bonchev–Trinajstić information content (AvgIpc) is 3.13. The summed E-state index contributed by atoms with van der Waals surface area (Å²) in [6.45, 7) is 0.279. The van der Waals surface area contributed by atoms with Crippen molar-refractivity contribution in [1.82, 2.24) is 9.47 Å². The Morgan fingerprint density at radius 3 is 2.72 bits per heavy atom. The molecule has 3 rings (SSSR count). The third-order valence-corrected chi connectivity index (χ3v) is 5.03. The number of amides is 1. The van der Waals surface area contributed by atoms with Crippen LogP contribution in [0.25, 0.3) is 10.9 Å². The molecule has 1 amide bonds. The van der Waals surface area contributed by atoms with E-state index in [0.717, 1.165) is 21.1 Å². The van der Waals surface area contributed by atoms with Gasteiger partial charge >= 0.3 is 18.0 Å². The minimum absolute atomic E-state index is 0.0290.